The van der Waals surface area contributed by atoms with Crippen LogP contribution in [0.3, 0.4) is 0 Å². The number of aliphatic hydroxyl groups excluding tert-OH is 1. The summed E-state index contributed by atoms with van der Waals surface area (Å²) in [5, 5.41) is 9.51. The fourth-order valence-corrected chi connectivity index (χ4v) is 1.77. The number of β-amino-alcohol motifs (C(OH)–C–C–N with tert-alkyl or cyclic N) is 1. The van der Waals surface area contributed by atoms with E-state index < -0.39 is 0 Å². The minimum Gasteiger partial charge on any atom is -0.391 e. The van der Waals surface area contributed by atoms with Crippen LogP contribution in [0.5, 0.6) is 0 Å². The molecule has 0 aromatic heterocycles. The summed E-state index contributed by atoms with van der Waals surface area (Å²) in [5.74, 6) is 0.422. The molecule has 0 amide bonds. The van der Waals surface area contributed by atoms with Crippen LogP contribution in [0.15, 0.2) is 0 Å². The van der Waals surface area contributed by atoms with E-state index >= 15 is 0 Å². The van der Waals surface area contributed by atoms with Crippen LogP contribution in [0, 0.1) is 5.92 Å². The highest BCUT2D eigenvalue weighted by atomic mass is 16.3. The molecule has 0 aromatic carbocycles. The maximum atomic E-state index is 9.51. The fourth-order valence-electron chi connectivity index (χ4n) is 1.77. The molecule has 3 atom stereocenters. The van der Waals surface area contributed by atoms with Gasteiger partial charge in [-0.2, -0.15) is 0 Å². The van der Waals surface area contributed by atoms with Crippen molar-refractivity contribution in [3.63, 3.8) is 0 Å². The Morgan fingerprint density at radius 2 is 2.25 bits per heavy atom. The molecule has 1 rings (SSSR count). The van der Waals surface area contributed by atoms with E-state index in [9.17, 15) is 5.11 Å². The quantitative estimate of drug-likeness (QED) is 0.632. The zero-order valence-electron chi connectivity index (χ0n) is 8.03. The van der Waals surface area contributed by atoms with Crippen LogP contribution in [-0.2, 0) is 0 Å². The number of nitrogens with zero attached hydrogens (tertiary/aromatic N) is 1. The number of likely N-dealkylation sites (tertiary alicyclic amines) is 1. The third kappa shape index (κ3) is 2.19. The molecule has 3 nitrogen and oxygen atoms in total. The molecule has 1 fully saturated rings. The second-order valence-electron chi connectivity index (χ2n) is 3.92. The third-order valence-corrected chi connectivity index (χ3v) is 2.81. The van der Waals surface area contributed by atoms with Crippen molar-refractivity contribution in [1.82, 2.24) is 4.90 Å². The summed E-state index contributed by atoms with van der Waals surface area (Å²) < 4.78 is 0. The van der Waals surface area contributed by atoms with Gasteiger partial charge in [-0.15, -0.1) is 0 Å². The van der Waals surface area contributed by atoms with Gasteiger partial charge in [-0.3, -0.25) is 4.90 Å². The van der Waals surface area contributed by atoms with Crippen molar-refractivity contribution >= 4 is 0 Å². The molecule has 72 valence electrons. The van der Waals surface area contributed by atoms with Crippen LogP contribution in [-0.4, -0.2) is 41.8 Å². The molecule has 1 heterocycles. The number of rotatable bonds is 3. The molecule has 3 N–H and O–H groups in total. The van der Waals surface area contributed by atoms with E-state index in [0.717, 1.165) is 26.1 Å². The highest BCUT2D eigenvalue weighted by Crippen LogP contribution is 2.19. The number of hydrogen-bond donors (Lipinski definition) is 2. The SMILES string of the molecule is CC1CN(C(C)CCN)CC1O. The topological polar surface area (TPSA) is 49.5 Å². The Kier molecular flexibility index (Phi) is 3.50. The van der Waals surface area contributed by atoms with Crippen LogP contribution in [0.4, 0.5) is 0 Å². The summed E-state index contributed by atoms with van der Waals surface area (Å²) >= 11 is 0. The van der Waals surface area contributed by atoms with Gasteiger partial charge in [0, 0.05) is 19.1 Å². The molecular weight excluding hydrogens is 152 g/mol. The first kappa shape index (κ1) is 9.96. The summed E-state index contributed by atoms with van der Waals surface area (Å²) in [6, 6.07) is 0.523. The average Bonchev–Trinajstić information content (AvgIpc) is 2.33. The first-order valence-electron chi connectivity index (χ1n) is 4.77. The lowest BCUT2D eigenvalue weighted by Crippen LogP contribution is -2.33. The predicted molar refractivity (Wildman–Crippen MR) is 49.9 cm³/mol. The molecule has 1 aliphatic heterocycles. The van der Waals surface area contributed by atoms with Gasteiger partial charge >= 0.3 is 0 Å². The van der Waals surface area contributed by atoms with Crippen molar-refractivity contribution in [3.05, 3.63) is 0 Å². The van der Waals surface area contributed by atoms with Crippen molar-refractivity contribution in [2.75, 3.05) is 19.6 Å². The summed E-state index contributed by atoms with van der Waals surface area (Å²) in [4.78, 5) is 2.32. The minimum atomic E-state index is -0.134. The second kappa shape index (κ2) is 4.21. The molecule has 0 aliphatic carbocycles. The Hall–Kier alpha value is -0.120. The van der Waals surface area contributed by atoms with Crippen molar-refractivity contribution in [2.24, 2.45) is 11.7 Å². The molecule has 1 saturated heterocycles. The maximum Gasteiger partial charge on any atom is 0.0704 e. The summed E-state index contributed by atoms with van der Waals surface area (Å²) in [6.07, 6.45) is 0.893. The monoisotopic (exact) mass is 172 g/mol. The molecule has 0 saturated carbocycles. The van der Waals surface area contributed by atoms with Crippen molar-refractivity contribution in [2.45, 2.75) is 32.4 Å². The summed E-state index contributed by atoms with van der Waals surface area (Å²) in [7, 11) is 0. The normalized spacial score (nSPS) is 34.0. The van der Waals surface area contributed by atoms with Crippen molar-refractivity contribution in [3.8, 4) is 0 Å². The van der Waals surface area contributed by atoms with Gasteiger partial charge in [0.1, 0.15) is 0 Å². The standard InChI is InChI=1S/C9H20N2O/c1-7-5-11(6-9(7)12)8(2)3-4-10/h7-9,12H,3-6,10H2,1-2H3. The minimum absolute atomic E-state index is 0.134. The van der Waals surface area contributed by atoms with Crippen LogP contribution in [0.25, 0.3) is 0 Å². The van der Waals surface area contributed by atoms with Crippen molar-refractivity contribution < 1.29 is 5.11 Å². The van der Waals surface area contributed by atoms with E-state index in [4.69, 9.17) is 5.73 Å². The third-order valence-electron chi connectivity index (χ3n) is 2.81. The predicted octanol–water partition coefficient (Wildman–Crippen LogP) is 0.0363. The summed E-state index contributed by atoms with van der Waals surface area (Å²) in [6.45, 7) is 6.85. The van der Waals surface area contributed by atoms with Gasteiger partial charge in [-0.25, -0.2) is 0 Å². The lowest BCUT2D eigenvalue weighted by Gasteiger charge is -2.23. The van der Waals surface area contributed by atoms with E-state index in [1.807, 2.05) is 0 Å². The van der Waals surface area contributed by atoms with E-state index in [1.165, 1.54) is 0 Å². The number of hydrogen-bond acceptors (Lipinski definition) is 3. The van der Waals surface area contributed by atoms with Crippen LogP contribution in [0.1, 0.15) is 20.3 Å². The van der Waals surface area contributed by atoms with Crippen molar-refractivity contribution in [1.29, 1.82) is 0 Å². The Balaban J connectivity index is 2.35. The molecule has 12 heavy (non-hydrogen) atoms. The fraction of sp³-hybridized carbons (Fsp3) is 1.00. The van der Waals surface area contributed by atoms with Gasteiger partial charge in [-0.1, -0.05) is 6.92 Å². The Morgan fingerprint density at radius 3 is 2.67 bits per heavy atom. The van der Waals surface area contributed by atoms with Crippen LogP contribution < -0.4 is 5.73 Å². The first-order chi connectivity index (χ1) is 5.65. The Morgan fingerprint density at radius 1 is 1.58 bits per heavy atom. The Bertz CT molecular complexity index is 130. The molecule has 0 aromatic rings. The molecule has 1 aliphatic rings. The van der Waals surface area contributed by atoms with Gasteiger partial charge in [0.05, 0.1) is 6.10 Å². The summed E-state index contributed by atoms with van der Waals surface area (Å²) in [5.41, 5.74) is 5.48. The molecule has 0 bridgehead atoms. The van der Waals surface area contributed by atoms with Gasteiger partial charge in [0.2, 0.25) is 0 Å². The van der Waals surface area contributed by atoms with E-state index in [2.05, 4.69) is 18.7 Å². The average molecular weight is 172 g/mol. The maximum absolute atomic E-state index is 9.51. The van der Waals surface area contributed by atoms with E-state index in [1.54, 1.807) is 0 Å². The zero-order chi connectivity index (χ0) is 9.14. The molecule has 3 heteroatoms. The highest BCUT2D eigenvalue weighted by Gasteiger charge is 2.29. The van der Waals surface area contributed by atoms with Crippen LogP contribution >= 0.6 is 0 Å². The van der Waals surface area contributed by atoms with E-state index in [-0.39, 0.29) is 6.10 Å². The van der Waals surface area contributed by atoms with Gasteiger partial charge < -0.3 is 10.8 Å². The van der Waals surface area contributed by atoms with Gasteiger partial charge in [-0.05, 0) is 25.8 Å². The van der Waals surface area contributed by atoms with E-state index in [0.29, 0.717) is 12.0 Å². The van der Waals surface area contributed by atoms with Gasteiger partial charge in [0.15, 0.2) is 0 Å². The first-order valence-corrected chi connectivity index (χ1v) is 4.77. The number of aliphatic hydroxyl groups is 1. The zero-order valence-corrected chi connectivity index (χ0v) is 8.03. The lowest BCUT2D eigenvalue weighted by molar-refractivity contribution is 0.142. The smallest absolute Gasteiger partial charge is 0.0704 e. The second-order valence-corrected chi connectivity index (χ2v) is 3.92. The lowest BCUT2D eigenvalue weighted by atomic mass is 10.1. The molecule has 0 spiro atoms. The van der Waals surface area contributed by atoms with Crippen LogP contribution in [0.2, 0.25) is 0 Å². The molecule has 3 unspecified atom stereocenters. The molecule has 0 radical (unpaired) electrons. The Labute approximate surface area is 74.5 Å². The van der Waals surface area contributed by atoms with Gasteiger partial charge in [0.25, 0.3) is 0 Å². The molecular formula is C9H20N2O. The number of nitrogens with two attached hydrogens (primary N) is 1. The highest BCUT2D eigenvalue weighted by molar-refractivity contribution is 4.83. The largest absolute Gasteiger partial charge is 0.391 e.